The van der Waals surface area contributed by atoms with Gasteiger partial charge in [0.05, 0.1) is 25.2 Å². The number of ether oxygens (including phenoxy) is 1. The van der Waals surface area contributed by atoms with Gasteiger partial charge in [0.15, 0.2) is 0 Å². The number of para-hydroxylation sites is 2. The van der Waals surface area contributed by atoms with E-state index in [0.717, 1.165) is 31.3 Å². The Kier molecular flexibility index (Phi) is 4.70. The number of fused-ring (bicyclic) bond motifs is 1. The molecule has 0 saturated carbocycles. The molecule has 142 valence electrons. The number of hydrogen-bond donors (Lipinski definition) is 1. The minimum atomic E-state index is -0.111. The predicted octanol–water partition coefficient (Wildman–Crippen LogP) is 1.83. The molecule has 1 atom stereocenters. The summed E-state index contributed by atoms with van der Waals surface area (Å²) >= 11 is 0. The smallest absolute Gasteiger partial charge is 0.322 e. The Labute approximate surface area is 158 Å². The fourth-order valence-electron chi connectivity index (χ4n) is 3.48. The highest BCUT2D eigenvalue weighted by molar-refractivity contribution is 6.03. The van der Waals surface area contributed by atoms with Crippen molar-refractivity contribution in [2.45, 2.75) is 13.0 Å². The van der Waals surface area contributed by atoms with E-state index in [-0.39, 0.29) is 6.03 Å². The molecule has 1 fully saturated rings. The fraction of sp³-hybridized carbons (Fsp3) is 0.421. The van der Waals surface area contributed by atoms with Crippen LogP contribution in [0.25, 0.3) is 0 Å². The number of carbonyl (C=O) groups excluding carboxylic acids is 1. The van der Waals surface area contributed by atoms with Gasteiger partial charge in [-0.05, 0) is 19.1 Å². The average molecular weight is 368 g/mol. The molecular weight excluding hydrogens is 344 g/mol. The van der Waals surface area contributed by atoms with E-state index in [9.17, 15) is 4.79 Å². The van der Waals surface area contributed by atoms with Crippen LogP contribution in [-0.2, 0) is 0 Å². The normalized spacial score (nSPS) is 21.6. The Balaban J connectivity index is 1.35. The number of anilines is 1. The van der Waals surface area contributed by atoms with E-state index in [1.54, 1.807) is 7.11 Å². The van der Waals surface area contributed by atoms with Gasteiger partial charge in [-0.3, -0.25) is 4.99 Å². The number of aliphatic imine (C=N–C) groups is 2. The summed E-state index contributed by atoms with van der Waals surface area (Å²) in [7, 11) is 1.60. The molecule has 1 saturated heterocycles. The van der Waals surface area contributed by atoms with Crippen molar-refractivity contribution < 1.29 is 9.53 Å². The van der Waals surface area contributed by atoms with Gasteiger partial charge in [0, 0.05) is 38.8 Å². The van der Waals surface area contributed by atoms with E-state index >= 15 is 0 Å². The van der Waals surface area contributed by atoms with Crippen molar-refractivity contribution in [2.24, 2.45) is 9.98 Å². The third-order valence-electron chi connectivity index (χ3n) is 4.93. The number of amidine groups is 1. The summed E-state index contributed by atoms with van der Waals surface area (Å²) in [4.78, 5) is 27.9. The van der Waals surface area contributed by atoms with Crippen LogP contribution in [0.15, 0.2) is 46.1 Å². The first kappa shape index (κ1) is 17.4. The molecule has 1 aromatic rings. The summed E-state index contributed by atoms with van der Waals surface area (Å²) in [5.41, 5.74) is 0.681. The molecule has 8 nitrogen and oxygen atoms in total. The first-order valence-corrected chi connectivity index (χ1v) is 9.18. The Hall–Kier alpha value is -3.03. The van der Waals surface area contributed by atoms with E-state index in [4.69, 9.17) is 4.74 Å². The minimum absolute atomic E-state index is 0.111. The molecule has 3 aliphatic rings. The number of amides is 2. The topological polar surface area (TPSA) is 72.8 Å². The Morgan fingerprint density at radius 1 is 1.22 bits per heavy atom. The quantitative estimate of drug-likeness (QED) is 0.884. The van der Waals surface area contributed by atoms with Crippen molar-refractivity contribution in [2.75, 3.05) is 45.2 Å². The highest BCUT2D eigenvalue weighted by Crippen LogP contribution is 2.24. The maximum Gasteiger partial charge on any atom is 0.322 e. The number of methoxy groups -OCH3 is 1. The van der Waals surface area contributed by atoms with Gasteiger partial charge in [0.25, 0.3) is 0 Å². The first-order valence-electron chi connectivity index (χ1n) is 9.18. The number of rotatable bonds is 3. The van der Waals surface area contributed by atoms with Crippen LogP contribution in [0.4, 0.5) is 10.5 Å². The highest BCUT2D eigenvalue weighted by Gasteiger charge is 2.27. The maximum absolute atomic E-state index is 12.6. The molecule has 27 heavy (non-hydrogen) atoms. The SMILES string of the molecule is COc1ccccc1NC(=O)N1CCN(C2=CC3=NC(C)CN3C=N2)CC1. The van der Waals surface area contributed by atoms with Gasteiger partial charge in [-0.15, -0.1) is 0 Å². The number of nitrogens with zero attached hydrogens (tertiary/aromatic N) is 5. The Morgan fingerprint density at radius 3 is 2.78 bits per heavy atom. The second-order valence-corrected chi connectivity index (χ2v) is 6.84. The van der Waals surface area contributed by atoms with Crippen LogP contribution in [0.1, 0.15) is 6.92 Å². The lowest BCUT2D eigenvalue weighted by atomic mass is 10.3. The predicted molar refractivity (Wildman–Crippen MR) is 105 cm³/mol. The zero-order valence-electron chi connectivity index (χ0n) is 15.6. The van der Waals surface area contributed by atoms with Gasteiger partial charge < -0.3 is 24.8 Å². The lowest BCUT2D eigenvalue weighted by Crippen LogP contribution is -2.50. The summed E-state index contributed by atoms with van der Waals surface area (Å²) in [6, 6.07) is 7.61. The molecular formula is C19H24N6O2. The van der Waals surface area contributed by atoms with Gasteiger partial charge in [-0.1, -0.05) is 12.1 Å². The van der Waals surface area contributed by atoms with E-state index in [2.05, 4.69) is 32.0 Å². The van der Waals surface area contributed by atoms with Crippen molar-refractivity contribution in [3.63, 3.8) is 0 Å². The van der Waals surface area contributed by atoms with Crippen LogP contribution >= 0.6 is 0 Å². The lowest BCUT2D eigenvalue weighted by molar-refractivity contribution is 0.166. The van der Waals surface area contributed by atoms with Gasteiger partial charge in [-0.2, -0.15) is 0 Å². The largest absolute Gasteiger partial charge is 0.495 e. The number of carbonyl (C=O) groups is 1. The molecule has 0 spiro atoms. The van der Waals surface area contributed by atoms with Gasteiger partial charge in [0.2, 0.25) is 0 Å². The second kappa shape index (κ2) is 7.30. The summed E-state index contributed by atoms with van der Waals surface area (Å²) in [6.07, 6.45) is 3.90. The summed E-state index contributed by atoms with van der Waals surface area (Å²) in [5.74, 6) is 2.55. The third-order valence-corrected chi connectivity index (χ3v) is 4.93. The molecule has 2 amide bonds. The third kappa shape index (κ3) is 3.60. The number of piperazine rings is 1. The summed E-state index contributed by atoms with van der Waals surface area (Å²) in [6.45, 7) is 5.75. The fourth-order valence-corrected chi connectivity index (χ4v) is 3.48. The first-order chi connectivity index (χ1) is 13.1. The highest BCUT2D eigenvalue weighted by atomic mass is 16.5. The summed E-state index contributed by atoms with van der Waals surface area (Å²) in [5, 5.41) is 2.93. The minimum Gasteiger partial charge on any atom is -0.495 e. The number of hydrogen-bond acceptors (Lipinski definition) is 6. The van der Waals surface area contributed by atoms with E-state index < -0.39 is 0 Å². The zero-order valence-corrected chi connectivity index (χ0v) is 15.6. The molecule has 1 aromatic carbocycles. The standard InChI is InChI=1S/C19H24N6O2/c1-14-12-25-13-20-17(11-18(25)21-14)23-7-9-24(10-8-23)19(26)22-15-5-3-4-6-16(15)27-2/h3-6,11,13-14H,7-10,12H2,1-2H3,(H,22,26). The molecule has 0 bridgehead atoms. The number of nitrogens with one attached hydrogen (secondary N) is 1. The van der Waals surface area contributed by atoms with Crippen LogP contribution in [-0.4, -0.2) is 78.8 Å². The van der Waals surface area contributed by atoms with Crippen molar-refractivity contribution in [1.29, 1.82) is 0 Å². The van der Waals surface area contributed by atoms with Crippen molar-refractivity contribution >= 4 is 23.9 Å². The van der Waals surface area contributed by atoms with Crippen LogP contribution < -0.4 is 10.1 Å². The van der Waals surface area contributed by atoms with Crippen molar-refractivity contribution in [3.8, 4) is 5.75 Å². The molecule has 0 aliphatic carbocycles. The molecule has 0 radical (unpaired) electrons. The molecule has 8 heteroatoms. The van der Waals surface area contributed by atoms with E-state index in [1.165, 1.54) is 0 Å². The van der Waals surface area contributed by atoms with Crippen molar-refractivity contribution in [3.05, 3.63) is 36.2 Å². The molecule has 3 heterocycles. The van der Waals surface area contributed by atoms with Crippen molar-refractivity contribution in [1.82, 2.24) is 14.7 Å². The van der Waals surface area contributed by atoms with Crippen LogP contribution in [0.2, 0.25) is 0 Å². The molecule has 3 aliphatic heterocycles. The molecule has 1 N–H and O–H groups in total. The van der Waals surface area contributed by atoms with Gasteiger partial charge in [0.1, 0.15) is 17.4 Å². The van der Waals surface area contributed by atoms with Crippen LogP contribution in [0.3, 0.4) is 0 Å². The van der Waals surface area contributed by atoms with Crippen LogP contribution in [0, 0.1) is 0 Å². The lowest BCUT2D eigenvalue weighted by Gasteiger charge is -2.36. The molecule has 1 unspecified atom stereocenters. The monoisotopic (exact) mass is 368 g/mol. The van der Waals surface area contributed by atoms with Gasteiger partial charge >= 0.3 is 6.03 Å². The van der Waals surface area contributed by atoms with E-state index in [1.807, 2.05) is 41.6 Å². The summed E-state index contributed by atoms with van der Waals surface area (Å²) < 4.78 is 5.29. The maximum atomic E-state index is 12.6. The molecule has 0 aromatic heterocycles. The molecule has 4 rings (SSSR count). The Morgan fingerprint density at radius 2 is 2.00 bits per heavy atom. The average Bonchev–Trinajstić information content (AvgIpc) is 3.07. The number of urea groups is 1. The van der Waals surface area contributed by atoms with Crippen LogP contribution in [0.5, 0.6) is 5.75 Å². The number of benzene rings is 1. The van der Waals surface area contributed by atoms with E-state index in [0.29, 0.717) is 30.6 Å². The zero-order chi connectivity index (χ0) is 18.8. The second-order valence-electron chi connectivity index (χ2n) is 6.84. The van der Waals surface area contributed by atoms with Gasteiger partial charge in [-0.25, -0.2) is 9.79 Å². The Bertz CT molecular complexity index is 810.